The molecule has 0 radical (unpaired) electrons. The standard InChI is InChI=1S/C34H38N4O/c1-24-9-5-7-11-30(24)31-15-13-26(19-25(31)2)20-37-23-29-14-16-33(34(39)36-18-17-28(22-36)35(3)4)38(29)21-27-10-6-8-12-32(27)37/h5-16,19,28H,17-18,20-23H2,1-4H3/t28-/m1/s1. The molecule has 0 unspecified atom stereocenters. The van der Waals surface area contributed by atoms with Crippen LogP contribution in [0.15, 0.2) is 78.9 Å². The highest BCUT2D eigenvalue weighted by molar-refractivity contribution is 5.93. The van der Waals surface area contributed by atoms with Gasteiger partial charge in [-0.1, -0.05) is 60.7 Å². The van der Waals surface area contributed by atoms with E-state index in [-0.39, 0.29) is 5.91 Å². The summed E-state index contributed by atoms with van der Waals surface area (Å²) in [5.74, 6) is 0.152. The molecule has 4 aromatic rings. The maximum absolute atomic E-state index is 13.6. The highest BCUT2D eigenvalue weighted by atomic mass is 16.2. The molecule has 0 bridgehead atoms. The molecule has 0 saturated carbocycles. The minimum absolute atomic E-state index is 0.152. The number of anilines is 1. The molecule has 0 spiro atoms. The molecule has 3 aromatic carbocycles. The van der Waals surface area contributed by atoms with E-state index in [2.05, 4.69) is 115 Å². The van der Waals surface area contributed by atoms with Crippen LogP contribution in [0.5, 0.6) is 0 Å². The Bertz CT molecular complexity index is 1520. The molecule has 2 aliphatic heterocycles. The summed E-state index contributed by atoms with van der Waals surface area (Å²) in [4.78, 5) is 20.3. The summed E-state index contributed by atoms with van der Waals surface area (Å²) in [6.07, 6.45) is 1.03. The number of carbonyl (C=O) groups excluding carboxylic acids is 1. The van der Waals surface area contributed by atoms with Crippen molar-refractivity contribution >= 4 is 11.6 Å². The molecule has 6 rings (SSSR count). The summed E-state index contributed by atoms with van der Waals surface area (Å²) < 4.78 is 2.25. The minimum Gasteiger partial charge on any atom is -0.361 e. The zero-order valence-corrected chi connectivity index (χ0v) is 23.5. The van der Waals surface area contributed by atoms with Crippen LogP contribution in [0.4, 0.5) is 5.69 Å². The topological polar surface area (TPSA) is 31.7 Å². The average molecular weight is 519 g/mol. The summed E-state index contributed by atoms with van der Waals surface area (Å²) in [5.41, 5.74) is 11.0. The molecule has 1 aromatic heterocycles. The predicted molar refractivity (Wildman–Crippen MR) is 159 cm³/mol. The van der Waals surface area contributed by atoms with E-state index in [1.54, 1.807) is 0 Å². The Hall–Kier alpha value is -3.83. The number of likely N-dealkylation sites (tertiary alicyclic amines) is 1. The van der Waals surface area contributed by atoms with Gasteiger partial charge in [-0.05, 0) is 85.9 Å². The monoisotopic (exact) mass is 518 g/mol. The van der Waals surface area contributed by atoms with Crippen molar-refractivity contribution in [2.45, 2.75) is 45.9 Å². The Kier molecular flexibility index (Phi) is 6.78. The number of carbonyl (C=O) groups is 1. The third-order valence-corrected chi connectivity index (χ3v) is 8.58. The highest BCUT2D eigenvalue weighted by Gasteiger charge is 2.31. The van der Waals surface area contributed by atoms with Crippen LogP contribution in [-0.2, 0) is 19.6 Å². The van der Waals surface area contributed by atoms with Gasteiger partial charge in [0.2, 0.25) is 0 Å². The lowest BCUT2D eigenvalue weighted by Gasteiger charge is -2.25. The number of benzene rings is 3. The predicted octanol–water partition coefficient (Wildman–Crippen LogP) is 6.12. The first kappa shape index (κ1) is 25.4. The first-order valence-electron chi connectivity index (χ1n) is 14.0. The van der Waals surface area contributed by atoms with E-state index >= 15 is 0 Å². The van der Waals surface area contributed by atoms with Crippen molar-refractivity contribution in [2.24, 2.45) is 0 Å². The Morgan fingerprint density at radius 3 is 2.41 bits per heavy atom. The molecule has 3 heterocycles. The molecule has 1 saturated heterocycles. The number of fused-ring (bicyclic) bond motifs is 2. The Balaban J connectivity index is 1.29. The van der Waals surface area contributed by atoms with Gasteiger partial charge in [0.15, 0.2) is 0 Å². The largest absolute Gasteiger partial charge is 0.361 e. The van der Waals surface area contributed by atoms with Crippen molar-refractivity contribution in [1.82, 2.24) is 14.4 Å². The second-order valence-electron chi connectivity index (χ2n) is 11.4. The van der Waals surface area contributed by atoms with E-state index in [4.69, 9.17) is 0 Å². The fourth-order valence-electron chi connectivity index (χ4n) is 6.30. The number of hydrogen-bond donors (Lipinski definition) is 0. The summed E-state index contributed by atoms with van der Waals surface area (Å²) >= 11 is 0. The molecular formula is C34H38N4O. The molecule has 1 atom stereocenters. The zero-order chi connectivity index (χ0) is 27.1. The molecule has 200 valence electrons. The first-order valence-corrected chi connectivity index (χ1v) is 14.0. The lowest BCUT2D eigenvalue weighted by Crippen LogP contribution is -2.35. The van der Waals surface area contributed by atoms with Crippen molar-refractivity contribution in [2.75, 3.05) is 32.1 Å². The third kappa shape index (κ3) is 4.87. The second-order valence-corrected chi connectivity index (χ2v) is 11.4. The van der Waals surface area contributed by atoms with Crippen LogP contribution in [-0.4, -0.2) is 53.5 Å². The van der Waals surface area contributed by atoms with E-state index in [1.165, 1.54) is 44.8 Å². The van der Waals surface area contributed by atoms with Crippen molar-refractivity contribution < 1.29 is 4.79 Å². The number of aromatic nitrogens is 1. The van der Waals surface area contributed by atoms with E-state index in [1.807, 2.05) is 11.0 Å². The van der Waals surface area contributed by atoms with E-state index in [0.29, 0.717) is 12.6 Å². The van der Waals surface area contributed by atoms with Gasteiger partial charge in [-0.3, -0.25) is 4.79 Å². The van der Waals surface area contributed by atoms with Gasteiger partial charge in [0.1, 0.15) is 5.69 Å². The van der Waals surface area contributed by atoms with Crippen LogP contribution in [0.3, 0.4) is 0 Å². The Morgan fingerprint density at radius 1 is 0.872 bits per heavy atom. The Morgan fingerprint density at radius 2 is 1.64 bits per heavy atom. The van der Waals surface area contributed by atoms with Gasteiger partial charge in [-0.2, -0.15) is 0 Å². The van der Waals surface area contributed by atoms with Crippen LogP contribution in [0, 0.1) is 13.8 Å². The van der Waals surface area contributed by atoms with Crippen molar-refractivity contribution in [1.29, 1.82) is 0 Å². The first-order chi connectivity index (χ1) is 18.9. The van der Waals surface area contributed by atoms with E-state index in [0.717, 1.165) is 38.3 Å². The number of nitrogens with zero attached hydrogens (tertiary/aromatic N) is 4. The fourth-order valence-corrected chi connectivity index (χ4v) is 6.30. The molecule has 5 heteroatoms. The lowest BCUT2D eigenvalue weighted by molar-refractivity contribution is 0.0772. The average Bonchev–Trinajstić information content (AvgIpc) is 3.54. The summed E-state index contributed by atoms with van der Waals surface area (Å²) in [6, 6.07) is 28.7. The Labute approximate surface area is 232 Å². The number of aryl methyl sites for hydroxylation is 2. The van der Waals surface area contributed by atoms with Gasteiger partial charge < -0.3 is 19.3 Å². The summed E-state index contributed by atoms with van der Waals surface area (Å²) in [5, 5.41) is 0. The van der Waals surface area contributed by atoms with Crippen molar-refractivity contribution in [3.05, 3.63) is 113 Å². The van der Waals surface area contributed by atoms with Gasteiger partial charge in [0.25, 0.3) is 5.91 Å². The third-order valence-electron chi connectivity index (χ3n) is 8.58. The van der Waals surface area contributed by atoms with Gasteiger partial charge in [-0.15, -0.1) is 0 Å². The maximum atomic E-state index is 13.6. The molecule has 0 aliphatic carbocycles. The zero-order valence-electron chi connectivity index (χ0n) is 23.5. The molecule has 0 N–H and O–H groups in total. The van der Waals surface area contributed by atoms with Crippen LogP contribution in [0.2, 0.25) is 0 Å². The van der Waals surface area contributed by atoms with E-state index in [9.17, 15) is 4.79 Å². The quantitative estimate of drug-likeness (QED) is 0.319. The molecular weight excluding hydrogens is 480 g/mol. The van der Waals surface area contributed by atoms with Crippen LogP contribution in [0.25, 0.3) is 11.1 Å². The lowest BCUT2D eigenvalue weighted by atomic mass is 9.95. The van der Waals surface area contributed by atoms with Gasteiger partial charge in [-0.25, -0.2) is 0 Å². The number of likely N-dealkylation sites (N-methyl/N-ethyl adjacent to an activating group) is 1. The second kappa shape index (κ2) is 10.4. The number of amides is 1. The molecule has 2 aliphatic rings. The number of rotatable bonds is 5. The van der Waals surface area contributed by atoms with Gasteiger partial charge in [0.05, 0.1) is 13.1 Å². The summed E-state index contributed by atoms with van der Waals surface area (Å²) in [7, 11) is 4.20. The highest BCUT2D eigenvalue weighted by Crippen LogP contribution is 2.32. The van der Waals surface area contributed by atoms with Crippen molar-refractivity contribution in [3.63, 3.8) is 0 Å². The summed E-state index contributed by atoms with van der Waals surface area (Å²) in [6.45, 7) is 8.31. The van der Waals surface area contributed by atoms with E-state index < -0.39 is 0 Å². The number of para-hydroxylation sites is 1. The normalized spacial score (nSPS) is 16.8. The molecule has 5 nitrogen and oxygen atoms in total. The minimum atomic E-state index is 0.152. The SMILES string of the molecule is Cc1ccccc1-c1ccc(CN2Cc3ccc(C(=O)N4CC[C@@H](N(C)C)C4)n3Cc3ccccc32)cc1C. The smallest absolute Gasteiger partial charge is 0.270 e. The fraction of sp³-hybridized carbons (Fsp3) is 0.324. The van der Waals surface area contributed by atoms with Crippen molar-refractivity contribution in [3.8, 4) is 11.1 Å². The van der Waals surface area contributed by atoms with Crippen LogP contribution in [0.1, 0.15) is 44.9 Å². The molecule has 39 heavy (non-hydrogen) atoms. The molecule has 1 amide bonds. The van der Waals surface area contributed by atoms with Gasteiger partial charge in [0, 0.05) is 37.1 Å². The number of hydrogen-bond acceptors (Lipinski definition) is 3. The molecule has 1 fully saturated rings. The van der Waals surface area contributed by atoms with Gasteiger partial charge >= 0.3 is 0 Å². The van der Waals surface area contributed by atoms with Crippen LogP contribution < -0.4 is 4.90 Å². The van der Waals surface area contributed by atoms with Crippen LogP contribution >= 0.6 is 0 Å². The maximum Gasteiger partial charge on any atom is 0.270 e.